The molecule has 0 aliphatic heterocycles. The number of hydrogen-bond donors (Lipinski definition) is 1. The van der Waals surface area contributed by atoms with E-state index in [0.717, 1.165) is 38.5 Å². The van der Waals surface area contributed by atoms with Crippen LogP contribution < -0.4 is 0 Å². The third kappa shape index (κ3) is 3.26. The summed E-state index contributed by atoms with van der Waals surface area (Å²) in [6, 6.07) is 0. The van der Waals surface area contributed by atoms with Crippen LogP contribution in [0.15, 0.2) is 11.6 Å². The standard InChI is InChI=1S/C12H20O2/c1-2-3-4-8-11(13)10-7-5-6-9-12(10)14/h7,11,13H,2-6,8-9H2,1H3. The Labute approximate surface area is 86.0 Å². The van der Waals surface area contributed by atoms with E-state index in [2.05, 4.69) is 6.92 Å². The molecule has 2 heteroatoms. The molecule has 0 fully saturated rings. The van der Waals surface area contributed by atoms with Gasteiger partial charge in [0.2, 0.25) is 0 Å². The second-order valence-corrected chi connectivity index (χ2v) is 3.99. The maximum atomic E-state index is 11.4. The minimum absolute atomic E-state index is 0.153. The van der Waals surface area contributed by atoms with Crippen LogP contribution in [0, 0.1) is 0 Å². The minimum atomic E-state index is -0.505. The highest BCUT2D eigenvalue weighted by atomic mass is 16.3. The zero-order chi connectivity index (χ0) is 10.4. The first kappa shape index (κ1) is 11.4. The van der Waals surface area contributed by atoms with Crippen LogP contribution in [0.1, 0.15) is 51.9 Å². The smallest absolute Gasteiger partial charge is 0.161 e. The summed E-state index contributed by atoms with van der Waals surface area (Å²) >= 11 is 0. The SMILES string of the molecule is CCCCCC(O)C1=CCCCC1=O. The Morgan fingerprint density at radius 2 is 2.29 bits per heavy atom. The lowest BCUT2D eigenvalue weighted by atomic mass is 9.92. The average molecular weight is 196 g/mol. The average Bonchev–Trinajstić information content (AvgIpc) is 2.18. The number of rotatable bonds is 5. The van der Waals surface area contributed by atoms with Crippen LogP contribution in [0.3, 0.4) is 0 Å². The van der Waals surface area contributed by atoms with Gasteiger partial charge in [-0.3, -0.25) is 4.79 Å². The molecule has 0 aromatic heterocycles. The summed E-state index contributed by atoms with van der Waals surface area (Å²) in [5.74, 6) is 0.153. The summed E-state index contributed by atoms with van der Waals surface area (Å²) < 4.78 is 0. The lowest BCUT2D eigenvalue weighted by Crippen LogP contribution is -2.20. The predicted octanol–water partition coefficient (Wildman–Crippen LogP) is 2.61. The molecule has 80 valence electrons. The van der Waals surface area contributed by atoms with Crippen LogP contribution in [0.2, 0.25) is 0 Å². The zero-order valence-electron chi connectivity index (χ0n) is 8.96. The normalized spacial score (nSPS) is 19.3. The number of Topliss-reactive ketones (excluding diaryl/α,β-unsaturated/α-hetero) is 1. The molecule has 0 amide bonds. The lowest BCUT2D eigenvalue weighted by Gasteiger charge is -2.17. The molecule has 0 saturated heterocycles. The van der Waals surface area contributed by atoms with Crippen molar-refractivity contribution < 1.29 is 9.90 Å². The van der Waals surface area contributed by atoms with E-state index in [1.807, 2.05) is 6.08 Å². The van der Waals surface area contributed by atoms with Gasteiger partial charge in [-0.1, -0.05) is 32.3 Å². The fourth-order valence-electron chi connectivity index (χ4n) is 1.84. The van der Waals surface area contributed by atoms with E-state index in [9.17, 15) is 9.90 Å². The van der Waals surface area contributed by atoms with Crippen molar-refractivity contribution in [2.24, 2.45) is 0 Å². The van der Waals surface area contributed by atoms with Crippen molar-refractivity contribution in [1.82, 2.24) is 0 Å². The quantitative estimate of drug-likeness (QED) is 0.686. The fraction of sp³-hybridized carbons (Fsp3) is 0.750. The number of ketones is 1. The highest BCUT2D eigenvalue weighted by Gasteiger charge is 2.20. The fourth-order valence-corrected chi connectivity index (χ4v) is 1.84. The van der Waals surface area contributed by atoms with Crippen molar-refractivity contribution in [1.29, 1.82) is 0 Å². The van der Waals surface area contributed by atoms with Crippen LogP contribution >= 0.6 is 0 Å². The van der Waals surface area contributed by atoms with E-state index >= 15 is 0 Å². The molecule has 1 unspecified atom stereocenters. The molecule has 1 aliphatic rings. The van der Waals surface area contributed by atoms with Gasteiger partial charge >= 0.3 is 0 Å². The first-order chi connectivity index (χ1) is 6.75. The van der Waals surface area contributed by atoms with Crippen LogP contribution in [0.25, 0.3) is 0 Å². The van der Waals surface area contributed by atoms with Gasteiger partial charge < -0.3 is 5.11 Å². The maximum Gasteiger partial charge on any atom is 0.161 e. The zero-order valence-corrected chi connectivity index (χ0v) is 8.96. The lowest BCUT2D eigenvalue weighted by molar-refractivity contribution is -0.117. The van der Waals surface area contributed by atoms with E-state index in [1.54, 1.807) is 0 Å². The molecule has 0 saturated carbocycles. The second-order valence-electron chi connectivity index (χ2n) is 3.99. The van der Waals surface area contributed by atoms with Gasteiger partial charge in [0.05, 0.1) is 6.10 Å². The van der Waals surface area contributed by atoms with Gasteiger partial charge in [0.25, 0.3) is 0 Å². The second kappa shape index (κ2) is 5.97. The molecule has 14 heavy (non-hydrogen) atoms. The molecule has 0 radical (unpaired) electrons. The Morgan fingerprint density at radius 3 is 2.93 bits per heavy atom. The van der Waals surface area contributed by atoms with Gasteiger partial charge in [0, 0.05) is 12.0 Å². The molecule has 0 aromatic rings. The molecule has 1 rings (SSSR count). The third-order valence-corrected chi connectivity index (χ3v) is 2.73. The van der Waals surface area contributed by atoms with E-state index < -0.39 is 6.10 Å². The van der Waals surface area contributed by atoms with Gasteiger partial charge in [-0.2, -0.15) is 0 Å². The Kier molecular flexibility index (Phi) is 4.88. The van der Waals surface area contributed by atoms with Gasteiger partial charge in [-0.15, -0.1) is 0 Å². The van der Waals surface area contributed by atoms with E-state index in [4.69, 9.17) is 0 Å². The number of aliphatic hydroxyl groups is 1. The van der Waals surface area contributed by atoms with Crippen LogP contribution in [0.5, 0.6) is 0 Å². The molecular weight excluding hydrogens is 176 g/mol. The predicted molar refractivity (Wildman–Crippen MR) is 57.1 cm³/mol. The Bertz CT molecular complexity index is 218. The van der Waals surface area contributed by atoms with Crippen molar-refractivity contribution in [3.63, 3.8) is 0 Å². The summed E-state index contributed by atoms with van der Waals surface area (Å²) in [4.78, 5) is 11.4. The largest absolute Gasteiger partial charge is 0.388 e. The molecule has 0 spiro atoms. The summed E-state index contributed by atoms with van der Waals surface area (Å²) in [6.45, 7) is 2.14. The van der Waals surface area contributed by atoms with Crippen molar-refractivity contribution >= 4 is 5.78 Å². The van der Waals surface area contributed by atoms with Crippen molar-refractivity contribution in [2.45, 2.75) is 58.0 Å². The summed E-state index contributed by atoms with van der Waals surface area (Å²) in [5.41, 5.74) is 0.673. The van der Waals surface area contributed by atoms with E-state index in [-0.39, 0.29) is 5.78 Å². The monoisotopic (exact) mass is 196 g/mol. The first-order valence-electron chi connectivity index (χ1n) is 5.67. The highest BCUT2D eigenvalue weighted by Crippen LogP contribution is 2.20. The molecule has 0 bridgehead atoms. The number of hydrogen-bond acceptors (Lipinski definition) is 2. The molecular formula is C12H20O2. The molecule has 2 nitrogen and oxygen atoms in total. The summed E-state index contributed by atoms with van der Waals surface area (Å²) in [5, 5.41) is 9.78. The highest BCUT2D eigenvalue weighted by molar-refractivity contribution is 5.96. The molecule has 0 heterocycles. The van der Waals surface area contributed by atoms with Gasteiger partial charge in [-0.05, 0) is 19.3 Å². The summed E-state index contributed by atoms with van der Waals surface area (Å²) in [7, 11) is 0. The van der Waals surface area contributed by atoms with E-state index in [0.29, 0.717) is 12.0 Å². The van der Waals surface area contributed by atoms with Crippen molar-refractivity contribution in [3.8, 4) is 0 Å². The number of carbonyl (C=O) groups excluding carboxylic acids is 1. The Hall–Kier alpha value is -0.630. The third-order valence-electron chi connectivity index (χ3n) is 2.73. The minimum Gasteiger partial charge on any atom is -0.388 e. The first-order valence-corrected chi connectivity index (χ1v) is 5.67. The molecule has 0 aromatic carbocycles. The number of carbonyl (C=O) groups is 1. The Balaban J connectivity index is 2.38. The molecule has 1 N–H and O–H groups in total. The Morgan fingerprint density at radius 1 is 1.50 bits per heavy atom. The van der Waals surface area contributed by atoms with Gasteiger partial charge in [0.15, 0.2) is 5.78 Å². The van der Waals surface area contributed by atoms with Crippen molar-refractivity contribution in [3.05, 3.63) is 11.6 Å². The van der Waals surface area contributed by atoms with Gasteiger partial charge in [-0.25, -0.2) is 0 Å². The molecule has 1 aliphatic carbocycles. The topological polar surface area (TPSA) is 37.3 Å². The van der Waals surface area contributed by atoms with Crippen LogP contribution in [-0.2, 0) is 4.79 Å². The number of allylic oxidation sites excluding steroid dienone is 1. The van der Waals surface area contributed by atoms with Crippen LogP contribution in [-0.4, -0.2) is 17.0 Å². The number of aliphatic hydroxyl groups excluding tert-OH is 1. The van der Waals surface area contributed by atoms with Crippen molar-refractivity contribution in [2.75, 3.05) is 0 Å². The number of unbranched alkanes of at least 4 members (excludes halogenated alkanes) is 2. The maximum absolute atomic E-state index is 11.4. The van der Waals surface area contributed by atoms with E-state index in [1.165, 1.54) is 0 Å². The van der Waals surface area contributed by atoms with Gasteiger partial charge in [0.1, 0.15) is 0 Å². The summed E-state index contributed by atoms with van der Waals surface area (Å²) in [6.07, 6.45) is 7.98. The molecule has 1 atom stereocenters. The van der Waals surface area contributed by atoms with Crippen LogP contribution in [0.4, 0.5) is 0 Å².